The topological polar surface area (TPSA) is 78.7 Å². The molecule has 5 nitrogen and oxygen atoms in total. The van der Waals surface area contributed by atoms with Crippen molar-refractivity contribution < 1.29 is 4.79 Å². The lowest BCUT2D eigenvalue weighted by Crippen LogP contribution is -2.12. The molecule has 134 valence electrons. The number of thioether (sulfide) groups is 1. The molecule has 4 rings (SSSR count). The van der Waals surface area contributed by atoms with Crippen molar-refractivity contribution in [2.24, 2.45) is 0 Å². The van der Waals surface area contributed by atoms with Gasteiger partial charge in [-0.05, 0) is 35.6 Å². The highest BCUT2D eigenvalue weighted by atomic mass is 32.2. The van der Waals surface area contributed by atoms with Crippen LogP contribution in [0.25, 0.3) is 10.4 Å². The zero-order valence-electron chi connectivity index (χ0n) is 14.4. The number of amides is 1. The van der Waals surface area contributed by atoms with Crippen molar-refractivity contribution in [3.05, 3.63) is 59.4 Å². The number of fused-ring (bicyclic) bond motifs is 3. The van der Waals surface area contributed by atoms with Crippen molar-refractivity contribution in [3.63, 3.8) is 0 Å². The Bertz CT molecular complexity index is 1020. The van der Waals surface area contributed by atoms with Crippen molar-refractivity contribution in [2.45, 2.75) is 24.4 Å². The zero-order chi connectivity index (χ0) is 18.6. The van der Waals surface area contributed by atoms with Gasteiger partial charge >= 0.3 is 0 Å². The van der Waals surface area contributed by atoms with Crippen LogP contribution in [0.15, 0.2) is 47.9 Å². The van der Waals surface area contributed by atoms with Gasteiger partial charge in [0.15, 0.2) is 5.16 Å². The summed E-state index contributed by atoms with van der Waals surface area (Å²) >= 11 is 2.94. The van der Waals surface area contributed by atoms with Gasteiger partial charge in [-0.15, -0.1) is 11.3 Å². The van der Waals surface area contributed by atoms with Crippen LogP contribution in [0.2, 0.25) is 0 Å². The third-order valence-corrected chi connectivity index (χ3v) is 6.44. The highest BCUT2D eigenvalue weighted by Gasteiger charge is 2.25. The van der Waals surface area contributed by atoms with E-state index in [0.29, 0.717) is 27.9 Å². The maximum atomic E-state index is 12.4. The molecule has 1 aliphatic rings. The Morgan fingerprint density at radius 2 is 2.04 bits per heavy atom. The van der Waals surface area contributed by atoms with E-state index in [1.807, 2.05) is 12.1 Å². The molecular formula is C20H16N4OS2. The summed E-state index contributed by atoms with van der Waals surface area (Å²) in [6, 6.07) is 12.3. The molecule has 0 saturated carbocycles. The van der Waals surface area contributed by atoms with Crippen LogP contribution in [0.5, 0.6) is 0 Å². The molecule has 1 aliphatic carbocycles. The molecule has 1 aromatic carbocycles. The van der Waals surface area contributed by atoms with Gasteiger partial charge in [-0.1, -0.05) is 36.0 Å². The van der Waals surface area contributed by atoms with Crippen LogP contribution in [0.3, 0.4) is 0 Å². The van der Waals surface area contributed by atoms with Crippen molar-refractivity contribution in [3.8, 4) is 16.5 Å². The van der Waals surface area contributed by atoms with Crippen LogP contribution in [0.4, 0.5) is 5.00 Å². The SMILES string of the molecule is N#Cc1c(NC(=O)CCSc2ncccn2)sc2c1CCc1ccccc1-2. The number of aryl methyl sites for hydroxylation is 1. The highest BCUT2D eigenvalue weighted by molar-refractivity contribution is 7.99. The van der Waals surface area contributed by atoms with Gasteiger partial charge in [-0.25, -0.2) is 9.97 Å². The Hall–Kier alpha value is -2.69. The molecule has 1 N–H and O–H groups in total. The van der Waals surface area contributed by atoms with Crippen LogP contribution < -0.4 is 5.32 Å². The number of aromatic nitrogens is 2. The maximum Gasteiger partial charge on any atom is 0.225 e. The van der Waals surface area contributed by atoms with Crippen LogP contribution in [-0.4, -0.2) is 21.6 Å². The number of carbonyl (C=O) groups is 1. The summed E-state index contributed by atoms with van der Waals surface area (Å²) < 4.78 is 0. The van der Waals surface area contributed by atoms with Crippen molar-refractivity contribution >= 4 is 34.0 Å². The van der Waals surface area contributed by atoms with Crippen LogP contribution in [0.1, 0.15) is 23.1 Å². The Balaban J connectivity index is 1.48. The molecule has 0 fully saturated rings. The first-order valence-electron chi connectivity index (χ1n) is 8.60. The monoisotopic (exact) mass is 392 g/mol. The molecule has 0 bridgehead atoms. The number of hydrogen-bond acceptors (Lipinski definition) is 6. The van der Waals surface area contributed by atoms with E-state index in [1.165, 1.54) is 34.2 Å². The summed E-state index contributed by atoms with van der Waals surface area (Å²) in [5.41, 5.74) is 4.14. The first-order chi connectivity index (χ1) is 13.3. The summed E-state index contributed by atoms with van der Waals surface area (Å²) in [7, 11) is 0. The molecule has 0 radical (unpaired) electrons. The summed E-state index contributed by atoms with van der Waals surface area (Å²) in [4.78, 5) is 21.7. The average Bonchev–Trinajstić information content (AvgIpc) is 3.06. The second kappa shape index (κ2) is 7.91. The second-order valence-corrected chi connectivity index (χ2v) is 8.14. The standard InChI is InChI=1S/C20H16N4OS2/c21-12-16-15-7-6-13-4-1-2-5-14(13)18(15)27-19(16)24-17(25)8-11-26-20-22-9-3-10-23-20/h1-5,9-10H,6-8,11H2,(H,24,25). The molecule has 0 saturated heterocycles. The van der Waals surface area contributed by atoms with E-state index >= 15 is 0 Å². The van der Waals surface area contributed by atoms with E-state index in [2.05, 4.69) is 33.5 Å². The fourth-order valence-electron chi connectivity index (χ4n) is 3.13. The van der Waals surface area contributed by atoms with E-state index in [1.54, 1.807) is 18.5 Å². The van der Waals surface area contributed by atoms with Crippen molar-refractivity contribution in [2.75, 3.05) is 11.1 Å². The summed E-state index contributed by atoms with van der Waals surface area (Å²) in [5, 5.41) is 13.9. The zero-order valence-corrected chi connectivity index (χ0v) is 16.1. The molecule has 0 aliphatic heterocycles. The number of thiophene rings is 1. The Morgan fingerprint density at radius 1 is 1.22 bits per heavy atom. The number of carbonyl (C=O) groups excluding carboxylic acids is 1. The number of hydrogen-bond donors (Lipinski definition) is 1. The predicted octanol–water partition coefficient (Wildman–Crippen LogP) is 4.30. The van der Waals surface area contributed by atoms with Crippen LogP contribution in [-0.2, 0) is 17.6 Å². The summed E-state index contributed by atoms with van der Waals surface area (Å²) in [6.07, 6.45) is 5.47. The maximum absolute atomic E-state index is 12.4. The van der Waals surface area contributed by atoms with Gasteiger partial charge < -0.3 is 5.32 Å². The molecule has 0 spiro atoms. The average molecular weight is 393 g/mol. The fraction of sp³-hybridized carbons (Fsp3) is 0.200. The largest absolute Gasteiger partial charge is 0.317 e. The summed E-state index contributed by atoms with van der Waals surface area (Å²) in [6.45, 7) is 0. The van der Waals surface area contributed by atoms with Crippen molar-refractivity contribution in [1.29, 1.82) is 5.26 Å². The van der Waals surface area contributed by atoms with E-state index in [-0.39, 0.29) is 5.91 Å². The van der Waals surface area contributed by atoms with Gasteiger partial charge in [0.1, 0.15) is 11.1 Å². The quantitative estimate of drug-likeness (QED) is 0.517. The van der Waals surface area contributed by atoms with Gasteiger partial charge in [0.05, 0.1) is 5.56 Å². The number of rotatable bonds is 5. The molecule has 3 aromatic rings. The third-order valence-electron chi connectivity index (χ3n) is 4.38. The minimum atomic E-state index is -0.0955. The molecule has 1 amide bonds. The lowest BCUT2D eigenvalue weighted by Gasteiger charge is -2.15. The van der Waals surface area contributed by atoms with E-state index in [0.717, 1.165) is 23.3 Å². The lowest BCUT2D eigenvalue weighted by atomic mass is 9.90. The molecule has 7 heteroatoms. The first-order valence-corrected chi connectivity index (χ1v) is 10.4. The van der Waals surface area contributed by atoms with Gasteiger partial charge in [0, 0.05) is 29.4 Å². The van der Waals surface area contributed by atoms with Crippen LogP contribution >= 0.6 is 23.1 Å². The Labute approximate surface area is 165 Å². The van der Waals surface area contributed by atoms with E-state index in [4.69, 9.17) is 0 Å². The smallest absolute Gasteiger partial charge is 0.225 e. The number of nitrogens with zero attached hydrogens (tertiary/aromatic N) is 3. The van der Waals surface area contributed by atoms with E-state index < -0.39 is 0 Å². The minimum absolute atomic E-state index is 0.0955. The van der Waals surface area contributed by atoms with Gasteiger partial charge in [-0.2, -0.15) is 5.26 Å². The molecule has 0 atom stereocenters. The van der Waals surface area contributed by atoms with Crippen molar-refractivity contribution in [1.82, 2.24) is 9.97 Å². The van der Waals surface area contributed by atoms with Gasteiger partial charge in [0.25, 0.3) is 0 Å². The normalized spacial score (nSPS) is 12.0. The highest BCUT2D eigenvalue weighted by Crippen LogP contribution is 2.44. The second-order valence-electron chi connectivity index (χ2n) is 6.06. The third kappa shape index (κ3) is 3.72. The molecule has 2 aromatic heterocycles. The molecule has 27 heavy (non-hydrogen) atoms. The summed E-state index contributed by atoms with van der Waals surface area (Å²) in [5.74, 6) is 0.493. The first kappa shape index (κ1) is 17.7. The minimum Gasteiger partial charge on any atom is -0.317 e. The number of nitrogens with one attached hydrogen (secondary N) is 1. The van der Waals surface area contributed by atoms with Crippen LogP contribution in [0, 0.1) is 11.3 Å². The predicted molar refractivity (Wildman–Crippen MR) is 108 cm³/mol. The van der Waals surface area contributed by atoms with Gasteiger partial charge in [-0.3, -0.25) is 4.79 Å². The molecule has 0 unspecified atom stereocenters. The fourth-order valence-corrected chi connectivity index (χ4v) is 5.15. The Morgan fingerprint density at radius 3 is 2.85 bits per heavy atom. The Kier molecular flexibility index (Phi) is 5.19. The molecule has 2 heterocycles. The number of benzene rings is 1. The van der Waals surface area contributed by atoms with E-state index in [9.17, 15) is 10.1 Å². The number of nitriles is 1. The lowest BCUT2D eigenvalue weighted by molar-refractivity contribution is -0.115. The van der Waals surface area contributed by atoms with Gasteiger partial charge in [0.2, 0.25) is 5.91 Å². The molecular weight excluding hydrogens is 376 g/mol. The number of anilines is 1.